The largest absolute Gasteiger partial charge is 0.496 e. The van der Waals surface area contributed by atoms with Crippen molar-refractivity contribution in [3.63, 3.8) is 0 Å². The molecule has 0 spiro atoms. The Morgan fingerprint density at radius 2 is 2.21 bits per heavy atom. The lowest BCUT2D eigenvalue weighted by atomic mass is 10.1. The Labute approximate surface area is 184 Å². The molecule has 0 saturated carbocycles. The van der Waals surface area contributed by atoms with Crippen LogP contribution in [0, 0.1) is 0 Å². The highest BCUT2D eigenvalue weighted by molar-refractivity contribution is 14.0. The molecule has 2 unspecified atom stereocenters. The number of nitrogens with zero attached hydrogens (tertiary/aromatic N) is 2. The Balaban J connectivity index is 0.00000280. The first kappa shape index (κ1) is 22.6. The highest BCUT2D eigenvalue weighted by Crippen LogP contribution is 2.35. The molecular formula is C20H31IN4O3. The van der Waals surface area contributed by atoms with Crippen LogP contribution in [0.25, 0.3) is 0 Å². The second-order valence-corrected chi connectivity index (χ2v) is 7.25. The van der Waals surface area contributed by atoms with Gasteiger partial charge in [-0.25, -0.2) is 4.99 Å². The number of nitrogens with one attached hydrogen (secondary N) is 2. The van der Waals surface area contributed by atoms with Gasteiger partial charge in [-0.2, -0.15) is 0 Å². The molecule has 2 atom stereocenters. The van der Waals surface area contributed by atoms with Gasteiger partial charge in [0.05, 0.1) is 13.7 Å². The molecule has 0 aromatic heterocycles. The number of likely N-dealkylation sites (tertiary alicyclic amines) is 1. The molecule has 1 saturated heterocycles. The van der Waals surface area contributed by atoms with Gasteiger partial charge in [-0.15, -0.1) is 24.0 Å². The zero-order valence-corrected chi connectivity index (χ0v) is 19.4. The third-order valence-corrected chi connectivity index (χ3v) is 5.02. The second kappa shape index (κ2) is 10.2. The summed E-state index contributed by atoms with van der Waals surface area (Å²) in [6, 6.07) is 4.31. The van der Waals surface area contributed by atoms with Gasteiger partial charge in [-0.05, 0) is 32.4 Å². The summed E-state index contributed by atoms with van der Waals surface area (Å²) in [5.41, 5.74) is 2.19. The first-order valence-corrected chi connectivity index (χ1v) is 9.65. The second-order valence-electron chi connectivity index (χ2n) is 7.25. The Morgan fingerprint density at radius 3 is 2.89 bits per heavy atom. The fourth-order valence-electron chi connectivity index (χ4n) is 3.60. The molecule has 1 amide bonds. The summed E-state index contributed by atoms with van der Waals surface area (Å²) in [5.74, 6) is 2.72. The van der Waals surface area contributed by atoms with Gasteiger partial charge in [0.1, 0.15) is 17.6 Å². The maximum absolute atomic E-state index is 11.7. The molecule has 2 aliphatic heterocycles. The van der Waals surface area contributed by atoms with E-state index in [0.29, 0.717) is 19.5 Å². The van der Waals surface area contributed by atoms with Gasteiger partial charge in [0.2, 0.25) is 5.91 Å². The van der Waals surface area contributed by atoms with Crippen molar-refractivity contribution in [1.29, 1.82) is 0 Å². The van der Waals surface area contributed by atoms with E-state index in [4.69, 9.17) is 14.5 Å². The van der Waals surface area contributed by atoms with Gasteiger partial charge in [-0.1, -0.05) is 0 Å². The number of hydrogen-bond donors (Lipinski definition) is 2. The number of benzene rings is 1. The van der Waals surface area contributed by atoms with Crippen molar-refractivity contribution < 1.29 is 14.3 Å². The van der Waals surface area contributed by atoms with E-state index in [1.54, 1.807) is 12.0 Å². The summed E-state index contributed by atoms with van der Waals surface area (Å²) in [6.07, 6.45) is 2.50. The van der Waals surface area contributed by atoms with Gasteiger partial charge in [0.15, 0.2) is 5.96 Å². The molecule has 0 radical (unpaired) electrons. The Morgan fingerprint density at radius 1 is 1.43 bits per heavy atom. The third-order valence-electron chi connectivity index (χ3n) is 5.02. The molecule has 3 rings (SSSR count). The van der Waals surface area contributed by atoms with Crippen LogP contribution in [0.4, 0.5) is 0 Å². The summed E-state index contributed by atoms with van der Waals surface area (Å²) in [6.45, 7) is 6.07. The van der Waals surface area contributed by atoms with Gasteiger partial charge in [-0.3, -0.25) is 4.79 Å². The van der Waals surface area contributed by atoms with Crippen LogP contribution in [-0.2, 0) is 17.8 Å². The third kappa shape index (κ3) is 5.42. The normalized spacial score (nSPS) is 21.5. The maximum Gasteiger partial charge on any atom is 0.222 e. The number of ether oxygens (including phenoxy) is 2. The summed E-state index contributed by atoms with van der Waals surface area (Å²) in [4.78, 5) is 18.2. The fourth-order valence-corrected chi connectivity index (χ4v) is 3.60. The maximum atomic E-state index is 11.7. The molecule has 1 aromatic carbocycles. The summed E-state index contributed by atoms with van der Waals surface area (Å²) in [7, 11) is 3.53. The summed E-state index contributed by atoms with van der Waals surface area (Å²) >= 11 is 0. The van der Waals surface area contributed by atoms with Crippen molar-refractivity contribution in [1.82, 2.24) is 15.5 Å². The number of fused-ring (bicyclic) bond motifs is 1. The minimum atomic E-state index is 0. The highest BCUT2D eigenvalue weighted by Gasteiger charge is 2.24. The molecule has 2 aliphatic rings. The summed E-state index contributed by atoms with van der Waals surface area (Å²) < 4.78 is 11.4. The smallest absolute Gasteiger partial charge is 0.222 e. The van der Waals surface area contributed by atoms with Crippen LogP contribution in [0.3, 0.4) is 0 Å². The molecule has 0 bridgehead atoms. The van der Waals surface area contributed by atoms with Crippen LogP contribution < -0.4 is 20.1 Å². The average molecular weight is 502 g/mol. The number of piperidine rings is 1. The van der Waals surface area contributed by atoms with E-state index in [1.165, 1.54) is 5.56 Å². The summed E-state index contributed by atoms with van der Waals surface area (Å²) in [5, 5.41) is 6.73. The molecule has 0 aliphatic carbocycles. The monoisotopic (exact) mass is 502 g/mol. The average Bonchev–Trinajstić information content (AvgIpc) is 3.01. The minimum absolute atomic E-state index is 0. The van der Waals surface area contributed by atoms with Gasteiger partial charge in [0, 0.05) is 50.1 Å². The van der Waals surface area contributed by atoms with Crippen LogP contribution in [0.5, 0.6) is 11.5 Å². The van der Waals surface area contributed by atoms with E-state index < -0.39 is 0 Å². The number of guanidine groups is 1. The van der Waals surface area contributed by atoms with Gasteiger partial charge >= 0.3 is 0 Å². The number of carbonyl (C=O) groups is 1. The molecule has 1 fully saturated rings. The highest BCUT2D eigenvalue weighted by atomic mass is 127. The first-order valence-electron chi connectivity index (χ1n) is 9.65. The number of carbonyl (C=O) groups excluding carboxylic acids is 1. The molecule has 7 nitrogen and oxygen atoms in total. The molecule has 2 N–H and O–H groups in total. The number of likely N-dealkylation sites (N-methyl/N-ethyl adjacent to an activating group) is 1. The lowest BCUT2D eigenvalue weighted by Crippen LogP contribution is -2.51. The van der Waals surface area contributed by atoms with Crippen molar-refractivity contribution in [3.8, 4) is 11.5 Å². The van der Waals surface area contributed by atoms with E-state index in [2.05, 4.69) is 23.6 Å². The van der Waals surface area contributed by atoms with Crippen LogP contribution in [0.2, 0.25) is 0 Å². The van der Waals surface area contributed by atoms with E-state index in [9.17, 15) is 4.79 Å². The minimum Gasteiger partial charge on any atom is -0.496 e. The molecule has 8 heteroatoms. The lowest BCUT2D eigenvalue weighted by Gasteiger charge is -2.31. The van der Waals surface area contributed by atoms with Crippen molar-refractivity contribution in [2.75, 3.05) is 27.2 Å². The standard InChI is InChI=1S/C20H30N4O3.HI/c1-5-21-20(23-16-6-7-19(25)24(3)12-16)22-11-15-10-18-14(8-13(2)27-18)9-17(15)26-4;/h9-10,13,16H,5-8,11-12H2,1-4H3,(H2,21,22,23);1H. The van der Waals surface area contributed by atoms with E-state index in [-0.39, 0.29) is 42.0 Å². The Kier molecular flexibility index (Phi) is 8.21. The predicted octanol–water partition coefficient (Wildman–Crippen LogP) is 2.31. The molecule has 1 aromatic rings. The van der Waals surface area contributed by atoms with Crippen LogP contribution in [-0.4, -0.2) is 56.2 Å². The quantitative estimate of drug-likeness (QED) is 0.368. The van der Waals surface area contributed by atoms with Crippen molar-refractivity contribution >= 4 is 35.8 Å². The van der Waals surface area contributed by atoms with Crippen LogP contribution in [0.1, 0.15) is 37.8 Å². The molecular weight excluding hydrogens is 471 g/mol. The lowest BCUT2D eigenvalue weighted by molar-refractivity contribution is -0.132. The van der Waals surface area contributed by atoms with Gasteiger partial charge < -0.3 is 25.0 Å². The van der Waals surface area contributed by atoms with Crippen molar-refractivity contribution in [2.45, 2.75) is 51.8 Å². The topological polar surface area (TPSA) is 75.2 Å². The number of methoxy groups -OCH3 is 1. The number of hydrogen-bond acceptors (Lipinski definition) is 4. The molecule has 28 heavy (non-hydrogen) atoms. The number of rotatable bonds is 5. The first-order chi connectivity index (χ1) is 13.0. The fraction of sp³-hybridized carbons (Fsp3) is 0.600. The number of halogens is 1. The molecule has 156 valence electrons. The van der Waals surface area contributed by atoms with Crippen LogP contribution in [0.15, 0.2) is 17.1 Å². The van der Waals surface area contributed by atoms with Gasteiger partial charge in [0.25, 0.3) is 0 Å². The van der Waals surface area contributed by atoms with Crippen molar-refractivity contribution in [3.05, 3.63) is 23.3 Å². The molecule has 2 heterocycles. The Bertz CT molecular complexity index is 726. The number of aliphatic imine (C=N–C) groups is 1. The van der Waals surface area contributed by atoms with Crippen LogP contribution >= 0.6 is 24.0 Å². The Hall–Kier alpha value is -1.71. The number of amides is 1. The van der Waals surface area contributed by atoms with E-state index in [1.807, 2.05) is 20.0 Å². The zero-order valence-electron chi connectivity index (χ0n) is 17.1. The predicted molar refractivity (Wildman–Crippen MR) is 121 cm³/mol. The SMILES string of the molecule is CCNC(=NCc1cc2c(cc1OC)CC(C)O2)NC1CCC(=O)N(C)C1.I. The zero-order chi connectivity index (χ0) is 19.4. The van der Waals surface area contributed by atoms with E-state index in [0.717, 1.165) is 42.4 Å². The van der Waals surface area contributed by atoms with E-state index >= 15 is 0 Å². The van der Waals surface area contributed by atoms with Crippen molar-refractivity contribution in [2.24, 2.45) is 4.99 Å².